The van der Waals surface area contributed by atoms with E-state index < -0.39 is 6.04 Å². The fourth-order valence-corrected chi connectivity index (χ4v) is 3.38. The van der Waals surface area contributed by atoms with Gasteiger partial charge in [0.25, 0.3) is 0 Å². The van der Waals surface area contributed by atoms with Crippen molar-refractivity contribution in [2.75, 3.05) is 26.8 Å². The first-order valence-corrected chi connectivity index (χ1v) is 8.45. The Balaban J connectivity index is 0.00000225. The molecular weight excluding hydrogens is 344 g/mol. The van der Waals surface area contributed by atoms with Crippen molar-refractivity contribution in [2.45, 2.75) is 38.0 Å². The van der Waals surface area contributed by atoms with Crippen LogP contribution in [0.4, 0.5) is 0 Å². The summed E-state index contributed by atoms with van der Waals surface area (Å²) < 4.78 is 10.4. The first-order chi connectivity index (χ1) is 11.7. The molecule has 0 aliphatic carbocycles. The van der Waals surface area contributed by atoms with Crippen LogP contribution >= 0.6 is 12.4 Å². The second-order valence-electron chi connectivity index (χ2n) is 6.30. The van der Waals surface area contributed by atoms with Crippen LogP contribution in [0.1, 0.15) is 24.0 Å². The zero-order valence-electron chi connectivity index (χ0n) is 14.4. The summed E-state index contributed by atoms with van der Waals surface area (Å²) in [6, 6.07) is 7.36. The van der Waals surface area contributed by atoms with Gasteiger partial charge in [-0.3, -0.25) is 4.79 Å². The minimum atomic E-state index is -0.554. The molecule has 1 fully saturated rings. The zero-order valence-corrected chi connectivity index (χ0v) is 15.2. The van der Waals surface area contributed by atoms with Crippen molar-refractivity contribution >= 4 is 24.3 Å². The summed E-state index contributed by atoms with van der Waals surface area (Å²) in [6.07, 6.45) is 2.80. The van der Waals surface area contributed by atoms with E-state index in [0.717, 1.165) is 30.6 Å². The number of hydrogen-bond acceptors (Lipinski definition) is 5. The van der Waals surface area contributed by atoms with Gasteiger partial charge in [-0.05, 0) is 24.0 Å². The van der Waals surface area contributed by atoms with Crippen molar-refractivity contribution in [2.24, 2.45) is 0 Å². The van der Waals surface area contributed by atoms with Gasteiger partial charge in [0, 0.05) is 26.1 Å². The van der Waals surface area contributed by atoms with E-state index in [9.17, 15) is 9.59 Å². The molecule has 2 heterocycles. The van der Waals surface area contributed by atoms with Crippen LogP contribution in [0.15, 0.2) is 24.3 Å². The summed E-state index contributed by atoms with van der Waals surface area (Å²) >= 11 is 0. The molecule has 1 aromatic rings. The third-order valence-corrected chi connectivity index (χ3v) is 4.71. The number of esters is 1. The molecule has 6 nitrogen and oxygen atoms in total. The number of carbonyl (C=O) groups excluding carboxylic acids is 2. The van der Waals surface area contributed by atoms with Gasteiger partial charge in [0.1, 0.15) is 6.04 Å². The maximum atomic E-state index is 12.6. The van der Waals surface area contributed by atoms with Gasteiger partial charge in [-0.2, -0.15) is 0 Å². The van der Waals surface area contributed by atoms with E-state index >= 15 is 0 Å². The van der Waals surface area contributed by atoms with Crippen LogP contribution in [0.2, 0.25) is 0 Å². The Hall–Kier alpha value is -1.63. The van der Waals surface area contributed by atoms with Crippen molar-refractivity contribution in [1.82, 2.24) is 10.2 Å². The number of nitrogens with zero attached hydrogens (tertiary/aromatic N) is 1. The largest absolute Gasteiger partial charge is 0.467 e. The van der Waals surface area contributed by atoms with Crippen molar-refractivity contribution in [3.63, 3.8) is 0 Å². The highest BCUT2D eigenvalue weighted by molar-refractivity contribution is 5.86. The van der Waals surface area contributed by atoms with Crippen molar-refractivity contribution in [3.05, 3.63) is 35.4 Å². The van der Waals surface area contributed by atoms with Crippen LogP contribution in [-0.4, -0.2) is 55.7 Å². The van der Waals surface area contributed by atoms with E-state index in [2.05, 4.69) is 5.32 Å². The summed E-state index contributed by atoms with van der Waals surface area (Å²) in [5, 5.41) is 3.16. The Bertz CT molecular complexity index is 604. The van der Waals surface area contributed by atoms with E-state index in [1.165, 1.54) is 7.11 Å². The molecule has 2 aliphatic rings. The predicted molar refractivity (Wildman–Crippen MR) is 95.6 cm³/mol. The molecule has 0 bridgehead atoms. The number of nitrogens with one attached hydrogen (secondary N) is 1. The fourth-order valence-electron chi connectivity index (χ4n) is 3.38. The number of benzene rings is 1. The molecule has 0 saturated carbocycles. The SMILES string of the molecule is COC(=O)C1Cc2ccccc2CN1C(=O)CNCC1CCCO1.Cl. The van der Waals surface area contributed by atoms with Gasteiger partial charge in [-0.1, -0.05) is 24.3 Å². The zero-order chi connectivity index (χ0) is 16.9. The van der Waals surface area contributed by atoms with Crippen molar-refractivity contribution in [1.29, 1.82) is 0 Å². The van der Waals surface area contributed by atoms with Crippen LogP contribution in [0.3, 0.4) is 0 Å². The molecule has 2 unspecified atom stereocenters. The number of methoxy groups -OCH3 is 1. The summed E-state index contributed by atoms with van der Waals surface area (Å²) in [4.78, 5) is 26.4. The van der Waals surface area contributed by atoms with Gasteiger partial charge in [0.15, 0.2) is 0 Å². The number of hydrogen-bond donors (Lipinski definition) is 1. The van der Waals surface area contributed by atoms with Gasteiger partial charge in [-0.15, -0.1) is 12.4 Å². The second-order valence-corrected chi connectivity index (χ2v) is 6.30. The van der Waals surface area contributed by atoms with Crippen molar-refractivity contribution in [3.8, 4) is 0 Å². The number of rotatable bonds is 5. The van der Waals surface area contributed by atoms with Crippen LogP contribution < -0.4 is 5.32 Å². The number of amides is 1. The summed E-state index contributed by atoms with van der Waals surface area (Å²) in [6.45, 7) is 2.11. The predicted octanol–water partition coefficient (Wildman–Crippen LogP) is 1.30. The molecule has 1 N–H and O–H groups in total. The van der Waals surface area contributed by atoms with E-state index in [1.807, 2.05) is 24.3 Å². The first-order valence-electron chi connectivity index (χ1n) is 8.45. The van der Waals surface area contributed by atoms with Crippen LogP contribution in [0.25, 0.3) is 0 Å². The van der Waals surface area contributed by atoms with E-state index in [-0.39, 0.29) is 36.9 Å². The Morgan fingerprint density at radius 3 is 2.76 bits per heavy atom. The minimum Gasteiger partial charge on any atom is -0.467 e. The third kappa shape index (κ3) is 4.71. The van der Waals surface area contributed by atoms with Gasteiger partial charge in [-0.25, -0.2) is 4.79 Å². The van der Waals surface area contributed by atoms with Gasteiger partial charge in [0.05, 0.1) is 19.8 Å². The normalized spacial score (nSPS) is 22.0. The summed E-state index contributed by atoms with van der Waals surface area (Å²) in [7, 11) is 1.36. The Morgan fingerprint density at radius 2 is 2.08 bits per heavy atom. The topological polar surface area (TPSA) is 67.9 Å². The number of ether oxygens (including phenoxy) is 2. The van der Waals surface area contributed by atoms with E-state index in [0.29, 0.717) is 19.5 Å². The molecule has 138 valence electrons. The molecule has 0 radical (unpaired) electrons. The lowest BCUT2D eigenvalue weighted by Gasteiger charge is -2.35. The first kappa shape index (κ1) is 19.7. The Kier molecular flexibility index (Phi) is 7.23. The minimum absolute atomic E-state index is 0. The summed E-state index contributed by atoms with van der Waals surface area (Å²) in [5.41, 5.74) is 2.19. The standard InChI is InChI=1S/C18H24N2O4.ClH/c1-23-18(22)16-9-13-5-2-3-6-14(13)12-20(16)17(21)11-19-10-15-7-4-8-24-15;/h2-3,5-6,15-16,19H,4,7-12H2,1H3;1H. The molecule has 1 saturated heterocycles. The maximum absolute atomic E-state index is 12.6. The number of fused-ring (bicyclic) bond motifs is 1. The molecule has 2 atom stereocenters. The fraction of sp³-hybridized carbons (Fsp3) is 0.556. The van der Waals surface area contributed by atoms with Gasteiger partial charge >= 0.3 is 5.97 Å². The molecule has 0 spiro atoms. The lowest BCUT2D eigenvalue weighted by Crippen LogP contribution is -2.51. The molecule has 1 aromatic carbocycles. The lowest BCUT2D eigenvalue weighted by atomic mass is 9.94. The Labute approximate surface area is 154 Å². The lowest BCUT2D eigenvalue weighted by molar-refractivity contribution is -0.153. The molecule has 3 rings (SSSR count). The van der Waals surface area contributed by atoms with Gasteiger partial charge in [0.2, 0.25) is 5.91 Å². The van der Waals surface area contributed by atoms with Crippen molar-refractivity contribution < 1.29 is 19.1 Å². The average molecular weight is 369 g/mol. The van der Waals surface area contributed by atoms with Gasteiger partial charge < -0.3 is 19.7 Å². The summed E-state index contributed by atoms with van der Waals surface area (Å²) in [5.74, 6) is -0.449. The molecule has 7 heteroatoms. The highest BCUT2D eigenvalue weighted by Gasteiger charge is 2.35. The molecule has 2 aliphatic heterocycles. The molecule has 25 heavy (non-hydrogen) atoms. The number of halogens is 1. The van der Waals surface area contributed by atoms with E-state index in [1.54, 1.807) is 4.90 Å². The quantitative estimate of drug-likeness (QED) is 0.793. The second kappa shape index (κ2) is 9.17. The van der Waals surface area contributed by atoms with Crippen LogP contribution in [0.5, 0.6) is 0 Å². The average Bonchev–Trinajstić information content (AvgIpc) is 3.13. The Morgan fingerprint density at radius 1 is 1.32 bits per heavy atom. The molecular formula is C18H25ClN2O4. The third-order valence-electron chi connectivity index (χ3n) is 4.71. The highest BCUT2D eigenvalue weighted by atomic mass is 35.5. The maximum Gasteiger partial charge on any atom is 0.328 e. The van der Waals surface area contributed by atoms with E-state index in [4.69, 9.17) is 9.47 Å². The van der Waals surface area contributed by atoms with Crippen LogP contribution in [0, 0.1) is 0 Å². The highest BCUT2D eigenvalue weighted by Crippen LogP contribution is 2.24. The smallest absolute Gasteiger partial charge is 0.328 e. The molecule has 0 aromatic heterocycles. The monoisotopic (exact) mass is 368 g/mol. The van der Waals surface area contributed by atoms with Crippen LogP contribution in [-0.2, 0) is 32.0 Å². The number of carbonyl (C=O) groups is 2. The molecule has 1 amide bonds.